The van der Waals surface area contributed by atoms with Crippen molar-refractivity contribution in [1.82, 2.24) is 9.97 Å². The Labute approximate surface area is 95.1 Å². The van der Waals surface area contributed by atoms with Gasteiger partial charge in [-0.3, -0.25) is 0 Å². The average molecular weight is 222 g/mol. The molecular weight excluding hydrogens is 204 g/mol. The van der Waals surface area contributed by atoms with Crippen LogP contribution in [-0.4, -0.2) is 27.2 Å². The van der Waals surface area contributed by atoms with E-state index in [2.05, 4.69) is 15.3 Å². The van der Waals surface area contributed by atoms with Crippen LogP contribution in [0.25, 0.3) is 0 Å². The third-order valence-corrected chi connectivity index (χ3v) is 3.10. The molecule has 0 aromatic carbocycles. The summed E-state index contributed by atoms with van der Waals surface area (Å²) in [4.78, 5) is 8.02. The van der Waals surface area contributed by atoms with Gasteiger partial charge in [-0.2, -0.15) is 0 Å². The molecule has 1 fully saturated rings. The first-order valence-electron chi connectivity index (χ1n) is 5.72. The van der Waals surface area contributed by atoms with Crippen molar-refractivity contribution in [2.45, 2.75) is 37.7 Å². The Hall–Kier alpha value is -1.36. The normalized spacial score (nSPS) is 19.3. The highest BCUT2D eigenvalue weighted by Crippen LogP contribution is 2.28. The minimum absolute atomic E-state index is 0.377. The van der Waals surface area contributed by atoms with Crippen molar-refractivity contribution in [3.63, 3.8) is 0 Å². The highest BCUT2D eigenvalue weighted by Gasteiger charge is 2.29. The van der Waals surface area contributed by atoms with E-state index < -0.39 is 5.60 Å². The number of hydrogen-bond donors (Lipinski definition) is 3. The number of nitrogens with zero attached hydrogens (tertiary/aromatic N) is 2. The zero-order valence-electron chi connectivity index (χ0n) is 9.32. The molecule has 0 amide bonds. The molecule has 0 saturated heterocycles. The quantitative estimate of drug-likeness (QED) is 0.715. The van der Waals surface area contributed by atoms with E-state index in [-0.39, 0.29) is 0 Å². The van der Waals surface area contributed by atoms with Crippen LogP contribution in [0.15, 0.2) is 12.4 Å². The second-order valence-corrected chi connectivity index (χ2v) is 4.43. The number of aliphatic hydroxyl groups is 1. The maximum atomic E-state index is 10.3. The van der Waals surface area contributed by atoms with Crippen molar-refractivity contribution in [2.24, 2.45) is 0 Å². The number of nitrogens with two attached hydrogens (primary N) is 1. The number of anilines is 2. The van der Waals surface area contributed by atoms with Gasteiger partial charge in [0.2, 0.25) is 0 Å². The molecule has 1 heterocycles. The van der Waals surface area contributed by atoms with Crippen LogP contribution in [0.3, 0.4) is 0 Å². The second-order valence-electron chi connectivity index (χ2n) is 4.43. The van der Waals surface area contributed by atoms with Gasteiger partial charge in [0, 0.05) is 18.9 Å². The van der Waals surface area contributed by atoms with E-state index in [1.807, 2.05) is 0 Å². The van der Waals surface area contributed by atoms with Crippen molar-refractivity contribution < 1.29 is 5.11 Å². The third kappa shape index (κ3) is 2.61. The predicted octanol–water partition coefficient (Wildman–Crippen LogP) is 1.17. The summed E-state index contributed by atoms with van der Waals surface area (Å²) in [5, 5.41) is 13.3. The van der Waals surface area contributed by atoms with Crippen LogP contribution in [0.1, 0.15) is 32.1 Å². The lowest BCUT2D eigenvalue weighted by Gasteiger charge is -2.32. The van der Waals surface area contributed by atoms with Gasteiger partial charge in [-0.15, -0.1) is 0 Å². The van der Waals surface area contributed by atoms with Gasteiger partial charge in [-0.1, -0.05) is 19.3 Å². The molecule has 5 heteroatoms. The summed E-state index contributed by atoms with van der Waals surface area (Å²) in [6.07, 6.45) is 8.23. The van der Waals surface area contributed by atoms with E-state index in [0.29, 0.717) is 18.2 Å². The molecule has 4 N–H and O–H groups in total. The highest BCUT2D eigenvalue weighted by atomic mass is 16.3. The molecule has 0 aliphatic heterocycles. The summed E-state index contributed by atoms with van der Waals surface area (Å²) in [6.45, 7) is 0.496. The first kappa shape index (κ1) is 11.1. The molecule has 2 rings (SSSR count). The Morgan fingerprint density at radius 3 is 2.62 bits per heavy atom. The summed E-state index contributed by atoms with van der Waals surface area (Å²) in [5.74, 6) is 0.934. The van der Waals surface area contributed by atoms with E-state index >= 15 is 0 Å². The minimum Gasteiger partial charge on any atom is -0.388 e. The number of nitrogens with one attached hydrogen (secondary N) is 1. The molecule has 1 saturated carbocycles. The Morgan fingerprint density at radius 1 is 1.25 bits per heavy atom. The lowest BCUT2D eigenvalue weighted by Crippen LogP contribution is -2.39. The van der Waals surface area contributed by atoms with Crippen molar-refractivity contribution in [3.05, 3.63) is 12.4 Å². The van der Waals surface area contributed by atoms with Crippen LogP contribution >= 0.6 is 0 Å². The molecule has 0 unspecified atom stereocenters. The third-order valence-electron chi connectivity index (χ3n) is 3.10. The molecule has 1 aliphatic carbocycles. The maximum absolute atomic E-state index is 10.3. The molecule has 0 bridgehead atoms. The van der Waals surface area contributed by atoms with Gasteiger partial charge in [0.1, 0.15) is 0 Å². The number of hydrogen-bond acceptors (Lipinski definition) is 5. The van der Waals surface area contributed by atoms with Gasteiger partial charge in [0.25, 0.3) is 0 Å². The smallest absolute Gasteiger partial charge is 0.169 e. The number of nitrogen functional groups attached to an aromatic ring is 1. The Balaban J connectivity index is 1.94. The van der Waals surface area contributed by atoms with Crippen molar-refractivity contribution >= 4 is 11.6 Å². The summed E-state index contributed by atoms with van der Waals surface area (Å²) in [6, 6.07) is 0. The number of aromatic nitrogens is 2. The highest BCUT2D eigenvalue weighted by molar-refractivity contribution is 5.55. The monoisotopic (exact) mass is 222 g/mol. The molecule has 88 valence electrons. The topological polar surface area (TPSA) is 84.1 Å². The standard InChI is InChI=1S/C11H18N4O/c12-9-10(14-7-6-13-9)15-8-11(16)4-2-1-3-5-11/h6-7,16H,1-5,8H2,(H2,12,13)(H,14,15). The van der Waals surface area contributed by atoms with Gasteiger partial charge in [0.15, 0.2) is 11.6 Å². The molecule has 0 radical (unpaired) electrons. The lowest BCUT2D eigenvalue weighted by molar-refractivity contribution is 0.0167. The Kier molecular flexibility index (Phi) is 3.24. The molecule has 1 aromatic heterocycles. The first-order valence-corrected chi connectivity index (χ1v) is 5.72. The molecule has 5 nitrogen and oxygen atoms in total. The average Bonchev–Trinajstić information content (AvgIpc) is 2.29. The minimum atomic E-state index is -0.609. The summed E-state index contributed by atoms with van der Waals surface area (Å²) in [5.41, 5.74) is 5.05. The number of rotatable bonds is 3. The largest absolute Gasteiger partial charge is 0.388 e. The Bertz CT molecular complexity index is 350. The van der Waals surface area contributed by atoms with Gasteiger partial charge >= 0.3 is 0 Å². The van der Waals surface area contributed by atoms with Gasteiger partial charge in [-0.05, 0) is 12.8 Å². The van der Waals surface area contributed by atoms with E-state index in [9.17, 15) is 5.11 Å². The van der Waals surface area contributed by atoms with Crippen LogP contribution in [0.5, 0.6) is 0 Å². The van der Waals surface area contributed by atoms with Crippen molar-refractivity contribution in [3.8, 4) is 0 Å². The molecule has 1 aliphatic rings. The van der Waals surface area contributed by atoms with Gasteiger partial charge in [-0.25, -0.2) is 9.97 Å². The van der Waals surface area contributed by atoms with Crippen LogP contribution in [0.4, 0.5) is 11.6 Å². The van der Waals surface area contributed by atoms with E-state index in [0.717, 1.165) is 25.7 Å². The summed E-state index contributed by atoms with van der Waals surface area (Å²) >= 11 is 0. The van der Waals surface area contributed by atoms with E-state index in [4.69, 9.17) is 5.73 Å². The van der Waals surface area contributed by atoms with E-state index in [1.54, 1.807) is 12.4 Å². The lowest BCUT2D eigenvalue weighted by atomic mass is 9.85. The Morgan fingerprint density at radius 2 is 1.94 bits per heavy atom. The van der Waals surface area contributed by atoms with Crippen LogP contribution in [0, 0.1) is 0 Å². The van der Waals surface area contributed by atoms with Crippen LogP contribution in [-0.2, 0) is 0 Å². The molecule has 0 atom stereocenters. The SMILES string of the molecule is Nc1nccnc1NCC1(O)CCCCC1. The summed E-state index contributed by atoms with van der Waals surface area (Å²) < 4.78 is 0. The van der Waals surface area contributed by atoms with Gasteiger partial charge in [0.05, 0.1) is 5.60 Å². The first-order chi connectivity index (χ1) is 7.70. The predicted molar refractivity (Wildman–Crippen MR) is 63.0 cm³/mol. The molecular formula is C11H18N4O. The zero-order chi connectivity index (χ0) is 11.4. The zero-order valence-corrected chi connectivity index (χ0v) is 9.32. The van der Waals surface area contributed by atoms with Crippen LogP contribution in [0.2, 0.25) is 0 Å². The fourth-order valence-electron chi connectivity index (χ4n) is 2.12. The van der Waals surface area contributed by atoms with E-state index in [1.165, 1.54) is 6.42 Å². The van der Waals surface area contributed by atoms with Crippen LogP contribution < -0.4 is 11.1 Å². The fourth-order valence-corrected chi connectivity index (χ4v) is 2.12. The second kappa shape index (κ2) is 4.65. The molecule has 16 heavy (non-hydrogen) atoms. The maximum Gasteiger partial charge on any atom is 0.169 e. The van der Waals surface area contributed by atoms with Crippen molar-refractivity contribution in [2.75, 3.05) is 17.6 Å². The van der Waals surface area contributed by atoms with Gasteiger partial charge < -0.3 is 16.2 Å². The van der Waals surface area contributed by atoms with Crippen molar-refractivity contribution in [1.29, 1.82) is 0 Å². The fraction of sp³-hybridized carbons (Fsp3) is 0.636. The summed E-state index contributed by atoms with van der Waals surface area (Å²) in [7, 11) is 0. The molecule has 0 spiro atoms. The molecule has 1 aromatic rings.